The number of aromatic nitrogens is 2. The minimum atomic E-state index is -0.780. The van der Waals surface area contributed by atoms with E-state index < -0.39 is 6.10 Å². The minimum absolute atomic E-state index is 0.136. The van der Waals surface area contributed by atoms with Crippen LogP contribution in [0.1, 0.15) is 5.56 Å². The Morgan fingerprint density at radius 1 is 1.30 bits per heavy atom. The molecule has 1 aromatic carbocycles. The third kappa shape index (κ3) is 3.97. The van der Waals surface area contributed by atoms with E-state index in [-0.39, 0.29) is 18.7 Å². The van der Waals surface area contributed by atoms with Crippen LogP contribution in [0.2, 0.25) is 5.02 Å². The fraction of sp³-hybridized carbons (Fsp3) is 0.250. The summed E-state index contributed by atoms with van der Waals surface area (Å²) in [5, 5.41) is 13.1. The van der Waals surface area contributed by atoms with Crippen LogP contribution in [-0.2, 0) is 17.9 Å². The third-order valence-corrected chi connectivity index (χ3v) is 4.42. The predicted molar refractivity (Wildman–Crippen MR) is 91.0 cm³/mol. The van der Waals surface area contributed by atoms with E-state index in [0.717, 1.165) is 5.56 Å². The van der Waals surface area contributed by atoms with Crippen molar-refractivity contribution in [1.29, 1.82) is 0 Å². The summed E-state index contributed by atoms with van der Waals surface area (Å²) in [6, 6.07) is 9.06. The molecule has 1 N–H and O–H groups in total. The molecule has 0 aliphatic rings. The van der Waals surface area contributed by atoms with E-state index in [1.165, 1.54) is 22.2 Å². The number of hydrogen-bond acceptors (Lipinski definition) is 5. The first-order chi connectivity index (χ1) is 11.1. The molecule has 7 heteroatoms. The van der Waals surface area contributed by atoms with Gasteiger partial charge in [0.2, 0.25) is 0 Å². The van der Waals surface area contributed by atoms with Gasteiger partial charge in [-0.3, -0.25) is 9.36 Å². The molecular formula is C16H15ClN2O3S. The van der Waals surface area contributed by atoms with Gasteiger partial charge in [0.1, 0.15) is 4.83 Å². The standard InChI is InChI=1S/C16H15ClN2O3S/c17-12-3-1-11(2-4-12)8-22-9-13(20)7-19-10-18-15-14(16(19)21)5-6-23-15/h1-6,10,13,20H,7-9H2/t13-/m1/s1. The van der Waals surface area contributed by atoms with E-state index in [1.807, 2.05) is 17.5 Å². The Morgan fingerprint density at radius 3 is 2.87 bits per heavy atom. The summed E-state index contributed by atoms with van der Waals surface area (Å²) < 4.78 is 6.89. The van der Waals surface area contributed by atoms with E-state index in [4.69, 9.17) is 16.3 Å². The van der Waals surface area contributed by atoms with Crippen molar-refractivity contribution >= 4 is 33.2 Å². The first-order valence-electron chi connectivity index (χ1n) is 7.06. The van der Waals surface area contributed by atoms with E-state index in [2.05, 4.69) is 4.98 Å². The van der Waals surface area contributed by atoms with Crippen LogP contribution < -0.4 is 5.56 Å². The Hall–Kier alpha value is -1.73. The lowest BCUT2D eigenvalue weighted by Crippen LogP contribution is -2.29. The van der Waals surface area contributed by atoms with E-state index in [0.29, 0.717) is 21.8 Å². The molecule has 23 heavy (non-hydrogen) atoms. The van der Waals surface area contributed by atoms with Crippen LogP contribution in [0.15, 0.2) is 46.8 Å². The molecule has 0 bridgehead atoms. The van der Waals surface area contributed by atoms with E-state index >= 15 is 0 Å². The van der Waals surface area contributed by atoms with Crippen molar-refractivity contribution in [2.24, 2.45) is 0 Å². The van der Waals surface area contributed by atoms with Gasteiger partial charge in [0.25, 0.3) is 5.56 Å². The van der Waals surface area contributed by atoms with Gasteiger partial charge in [0, 0.05) is 5.02 Å². The maximum absolute atomic E-state index is 12.2. The molecule has 0 saturated heterocycles. The van der Waals surface area contributed by atoms with Gasteiger partial charge < -0.3 is 9.84 Å². The molecule has 5 nitrogen and oxygen atoms in total. The van der Waals surface area contributed by atoms with Crippen molar-refractivity contribution in [3.05, 3.63) is 63.0 Å². The van der Waals surface area contributed by atoms with Crippen molar-refractivity contribution in [3.8, 4) is 0 Å². The molecule has 0 aliphatic heterocycles. The summed E-state index contributed by atoms with van der Waals surface area (Å²) >= 11 is 7.24. The lowest BCUT2D eigenvalue weighted by molar-refractivity contribution is 0.0198. The fourth-order valence-electron chi connectivity index (χ4n) is 2.20. The fourth-order valence-corrected chi connectivity index (χ4v) is 3.05. The van der Waals surface area contributed by atoms with Gasteiger partial charge in [0.05, 0.1) is 37.6 Å². The number of hydrogen-bond donors (Lipinski definition) is 1. The zero-order valence-corrected chi connectivity index (χ0v) is 13.8. The van der Waals surface area contributed by atoms with Crippen LogP contribution in [0.3, 0.4) is 0 Å². The smallest absolute Gasteiger partial charge is 0.262 e. The minimum Gasteiger partial charge on any atom is -0.389 e. The van der Waals surface area contributed by atoms with Crippen LogP contribution in [0.5, 0.6) is 0 Å². The molecule has 3 rings (SSSR count). The average molecular weight is 351 g/mol. The average Bonchev–Trinajstić information content (AvgIpc) is 3.01. The maximum Gasteiger partial charge on any atom is 0.262 e. The summed E-state index contributed by atoms with van der Waals surface area (Å²) in [6.45, 7) is 0.667. The summed E-state index contributed by atoms with van der Waals surface area (Å²) in [4.78, 5) is 17.1. The summed E-state index contributed by atoms with van der Waals surface area (Å²) in [6.07, 6.45) is 0.682. The number of thiophene rings is 1. The lowest BCUT2D eigenvalue weighted by Gasteiger charge is -2.13. The molecule has 0 aliphatic carbocycles. The van der Waals surface area contributed by atoms with Crippen molar-refractivity contribution < 1.29 is 9.84 Å². The van der Waals surface area contributed by atoms with Crippen LogP contribution in [0.25, 0.3) is 10.2 Å². The molecule has 0 amide bonds. The molecule has 0 unspecified atom stereocenters. The monoisotopic (exact) mass is 350 g/mol. The van der Waals surface area contributed by atoms with E-state index in [1.54, 1.807) is 18.2 Å². The molecular weight excluding hydrogens is 336 g/mol. The number of nitrogens with zero attached hydrogens (tertiary/aromatic N) is 2. The molecule has 0 radical (unpaired) electrons. The quantitative estimate of drug-likeness (QED) is 0.742. The molecule has 2 aromatic heterocycles. The molecule has 0 saturated carbocycles. The lowest BCUT2D eigenvalue weighted by atomic mass is 10.2. The van der Waals surface area contributed by atoms with Gasteiger partial charge in [-0.2, -0.15) is 0 Å². The summed E-state index contributed by atoms with van der Waals surface area (Å²) in [7, 11) is 0. The number of rotatable bonds is 6. The van der Waals surface area contributed by atoms with Crippen molar-refractivity contribution in [2.45, 2.75) is 19.3 Å². The zero-order chi connectivity index (χ0) is 16.2. The zero-order valence-electron chi connectivity index (χ0n) is 12.2. The molecule has 0 spiro atoms. The number of benzene rings is 1. The van der Waals surface area contributed by atoms with E-state index in [9.17, 15) is 9.90 Å². The maximum atomic E-state index is 12.2. The highest BCUT2D eigenvalue weighted by molar-refractivity contribution is 7.16. The Kier molecular flexibility index (Phi) is 5.07. The molecule has 0 fully saturated rings. The van der Waals surface area contributed by atoms with Gasteiger partial charge in [-0.1, -0.05) is 23.7 Å². The number of fused-ring (bicyclic) bond motifs is 1. The Labute approximate surface area is 141 Å². The number of halogens is 1. The van der Waals surface area contributed by atoms with Crippen LogP contribution >= 0.6 is 22.9 Å². The first-order valence-corrected chi connectivity index (χ1v) is 8.32. The molecule has 3 aromatic rings. The highest BCUT2D eigenvalue weighted by Gasteiger charge is 2.10. The van der Waals surface area contributed by atoms with Gasteiger partial charge >= 0.3 is 0 Å². The Balaban J connectivity index is 1.56. The van der Waals surface area contributed by atoms with Gasteiger partial charge in [-0.25, -0.2) is 4.98 Å². The second-order valence-corrected chi connectivity index (χ2v) is 6.47. The normalized spacial score (nSPS) is 12.6. The van der Waals surface area contributed by atoms with Gasteiger partial charge in [-0.05, 0) is 29.1 Å². The first kappa shape index (κ1) is 16.1. The number of ether oxygens (including phenoxy) is 1. The van der Waals surface area contributed by atoms with Crippen molar-refractivity contribution in [1.82, 2.24) is 9.55 Å². The molecule has 2 heterocycles. The predicted octanol–water partition coefficient (Wildman–Crippen LogP) is 2.69. The van der Waals surface area contributed by atoms with Crippen molar-refractivity contribution in [2.75, 3.05) is 6.61 Å². The second-order valence-electron chi connectivity index (χ2n) is 5.14. The topological polar surface area (TPSA) is 64.4 Å². The number of aliphatic hydroxyl groups excluding tert-OH is 1. The highest BCUT2D eigenvalue weighted by atomic mass is 35.5. The Morgan fingerprint density at radius 2 is 2.09 bits per heavy atom. The number of aliphatic hydroxyl groups is 1. The largest absolute Gasteiger partial charge is 0.389 e. The SMILES string of the molecule is O=c1c2ccsc2ncn1C[C@@H](O)COCc1ccc(Cl)cc1. The second kappa shape index (κ2) is 7.23. The van der Waals surface area contributed by atoms with Crippen LogP contribution in [0, 0.1) is 0 Å². The van der Waals surface area contributed by atoms with Crippen molar-refractivity contribution in [3.63, 3.8) is 0 Å². The molecule has 120 valence electrons. The van der Waals surface area contributed by atoms with Crippen LogP contribution in [0.4, 0.5) is 0 Å². The molecule has 1 atom stereocenters. The van der Waals surface area contributed by atoms with Gasteiger partial charge in [-0.15, -0.1) is 11.3 Å². The van der Waals surface area contributed by atoms with Gasteiger partial charge in [0.15, 0.2) is 0 Å². The summed E-state index contributed by atoms with van der Waals surface area (Å²) in [5.41, 5.74) is 0.827. The third-order valence-electron chi connectivity index (χ3n) is 3.35. The Bertz CT molecular complexity index is 844. The summed E-state index contributed by atoms with van der Waals surface area (Å²) in [5.74, 6) is 0. The highest BCUT2D eigenvalue weighted by Crippen LogP contribution is 2.13. The van der Waals surface area contributed by atoms with Crippen LogP contribution in [-0.4, -0.2) is 27.4 Å².